The van der Waals surface area contributed by atoms with Gasteiger partial charge in [-0.1, -0.05) is 0 Å². The minimum atomic E-state index is -1.23. The van der Waals surface area contributed by atoms with Crippen LogP contribution in [0.15, 0.2) is 21.9 Å². The first-order valence-electron chi connectivity index (χ1n) is 5.17. The van der Waals surface area contributed by atoms with Gasteiger partial charge in [0.1, 0.15) is 24.9 Å². The molecule has 0 saturated carbocycles. The van der Waals surface area contributed by atoms with Gasteiger partial charge < -0.3 is 20.7 Å². The summed E-state index contributed by atoms with van der Waals surface area (Å²) >= 11 is 0. The molecule has 0 bridgehead atoms. The smallest absolute Gasteiger partial charge is 0.330 e. The Labute approximate surface area is 95.3 Å². The lowest BCUT2D eigenvalue weighted by molar-refractivity contribution is -0.389. The molecule has 0 spiro atoms. The predicted molar refractivity (Wildman–Crippen MR) is 55.0 cm³/mol. The van der Waals surface area contributed by atoms with Crippen LogP contribution in [0, 0.1) is 0 Å². The first-order chi connectivity index (χ1) is 8.04. The molecule has 17 heavy (non-hydrogen) atoms. The molecule has 0 radical (unpaired) electrons. The Kier molecular flexibility index (Phi) is 3.11. The summed E-state index contributed by atoms with van der Waals surface area (Å²) in [6.07, 6.45) is -2.76. The zero-order valence-electron chi connectivity index (χ0n) is 8.94. The molecule has 1 aliphatic rings. The summed E-state index contributed by atoms with van der Waals surface area (Å²) in [5, 5.41) is 19.4. The molecule has 4 atom stereocenters. The van der Waals surface area contributed by atoms with E-state index in [4.69, 9.17) is 4.74 Å². The number of rotatable bonds is 2. The zero-order chi connectivity index (χ0) is 12.6. The van der Waals surface area contributed by atoms with Gasteiger partial charge in [-0.15, -0.1) is 0 Å². The first-order valence-corrected chi connectivity index (χ1v) is 5.17. The standard InChI is InChI=1S/C9H13N3O5/c10-3-4-6(14)7(15)8(17-4)12-2-1-5(13)11-9(12)16/h1-2,4,6-8,14-15H,3,10H2,(H,11,13,16)/p+1/t4-,6-,7-,8-/m1/s1. The van der Waals surface area contributed by atoms with Crippen LogP contribution in [0.3, 0.4) is 0 Å². The minimum absolute atomic E-state index is 0.271. The number of aromatic nitrogens is 2. The number of aliphatic hydroxyl groups excluding tert-OH is 2. The largest absolute Gasteiger partial charge is 0.387 e. The predicted octanol–water partition coefficient (Wildman–Crippen LogP) is -3.60. The molecule has 8 nitrogen and oxygen atoms in total. The molecule has 6 N–H and O–H groups in total. The molecular formula is C9H14N3O5+. The van der Waals surface area contributed by atoms with Crippen LogP contribution in [0.2, 0.25) is 0 Å². The Morgan fingerprint density at radius 2 is 2.12 bits per heavy atom. The van der Waals surface area contributed by atoms with Crippen molar-refractivity contribution in [1.29, 1.82) is 0 Å². The third-order valence-corrected chi connectivity index (χ3v) is 2.75. The van der Waals surface area contributed by atoms with Gasteiger partial charge in [-0.2, -0.15) is 0 Å². The maximum absolute atomic E-state index is 11.5. The van der Waals surface area contributed by atoms with E-state index < -0.39 is 35.8 Å². The number of hydrogen-bond acceptors (Lipinski definition) is 5. The summed E-state index contributed by atoms with van der Waals surface area (Å²) in [6.45, 7) is 0.271. The van der Waals surface area contributed by atoms with E-state index in [1.807, 2.05) is 4.98 Å². The third kappa shape index (κ3) is 2.03. The van der Waals surface area contributed by atoms with E-state index in [-0.39, 0.29) is 6.54 Å². The SMILES string of the molecule is [NH3+]C[C@H]1O[C@@H](n2ccc(=O)[nH]c2=O)[C@H](O)[C@@H]1O. The lowest BCUT2D eigenvalue weighted by Crippen LogP contribution is -2.58. The van der Waals surface area contributed by atoms with Crippen molar-refractivity contribution in [3.63, 3.8) is 0 Å². The molecule has 0 unspecified atom stereocenters. The van der Waals surface area contributed by atoms with Crippen LogP contribution in [0.5, 0.6) is 0 Å². The second-order valence-electron chi connectivity index (χ2n) is 3.85. The van der Waals surface area contributed by atoms with Gasteiger partial charge in [0.25, 0.3) is 5.56 Å². The van der Waals surface area contributed by atoms with Gasteiger partial charge in [0.15, 0.2) is 6.23 Å². The van der Waals surface area contributed by atoms with E-state index in [1.165, 1.54) is 6.20 Å². The average Bonchev–Trinajstić information content (AvgIpc) is 2.57. The van der Waals surface area contributed by atoms with Crippen molar-refractivity contribution in [2.24, 2.45) is 0 Å². The second kappa shape index (κ2) is 4.41. The van der Waals surface area contributed by atoms with Crippen molar-refractivity contribution in [3.05, 3.63) is 33.1 Å². The third-order valence-electron chi connectivity index (χ3n) is 2.75. The highest BCUT2D eigenvalue weighted by atomic mass is 16.6. The van der Waals surface area contributed by atoms with Crippen molar-refractivity contribution >= 4 is 0 Å². The normalized spacial score (nSPS) is 32.9. The highest BCUT2D eigenvalue weighted by molar-refractivity contribution is 4.92. The number of nitrogens with one attached hydrogen (secondary N) is 1. The first kappa shape index (κ1) is 12.0. The number of ether oxygens (including phenoxy) is 1. The molecule has 1 aromatic heterocycles. The summed E-state index contributed by atoms with van der Waals surface area (Å²) in [5.41, 5.74) is 2.35. The molecular weight excluding hydrogens is 230 g/mol. The fourth-order valence-corrected chi connectivity index (χ4v) is 1.83. The summed E-state index contributed by atoms with van der Waals surface area (Å²) in [4.78, 5) is 24.4. The van der Waals surface area contributed by atoms with E-state index in [2.05, 4.69) is 5.73 Å². The Balaban J connectivity index is 2.35. The van der Waals surface area contributed by atoms with Crippen LogP contribution in [0.4, 0.5) is 0 Å². The van der Waals surface area contributed by atoms with E-state index in [0.717, 1.165) is 10.6 Å². The van der Waals surface area contributed by atoms with Crippen LogP contribution >= 0.6 is 0 Å². The molecule has 8 heteroatoms. The fourth-order valence-electron chi connectivity index (χ4n) is 1.83. The van der Waals surface area contributed by atoms with Crippen LogP contribution in [-0.4, -0.2) is 44.6 Å². The van der Waals surface area contributed by atoms with Gasteiger partial charge in [0.05, 0.1) is 0 Å². The van der Waals surface area contributed by atoms with E-state index in [1.54, 1.807) is 0 Å². The van der Waals surface area contributed by atoms with Gasteiger partial charge in [-0.25, -0.2) is 4.79 Å². The summed E-state index contributed by atoms with van der Waals surface area (Å²) in [5.74, 6) is 0. The lowest BCUT2D eigenvalue weighted by atomic mass is 10.1. The zero-order valence-corrected chi connectivity index (χ0v) is 8.94. The minimum Gasteiger partial charge on any atom is -0.387 e. The van der Waals surface area contributed by atoms with Gasteiger partial charge in [0.2, 0.25) is 0 Å². The van der Waals surface area contributed by atoms with E-state index in [0.29, 0.717) is 0 Å². The fraction of sp³-hybridized carbons (Fsp3) is 0.556. The molecule has 0 aromatic carbocycles. The molecule has 0 aliphatic carbocycles. The Hall–Kier alpha value is -1.48. The molecule has 1 aromatic rings. The van der Waals surface area contributed by atoms with Crippen molar-refractivity contribution in [2.75, 3.05) is 6.54 Å². The average molecular weight is 244 g/mol. The van der Waals surface area contributed by atoms with Crippen molar-refractivity contribution in [2.45, 2.75) is 24.5 Å². The topological polar surface area (TPSA) is 132 Å². The van der Waals surface area contributed by atoms with Crippen molar-refractivity contribution in [1.82, 2.24) is 9.55 Å². The molecule has 1 saturated heterocycles. The van der Waals surface area contributed by atoms with Crippen LogP contribution in [0.1, 0.15) is 6.23 Å². The highest BCUT2D eigenvalue weighted by Gasteiger charge is 2.44. The summed E-state index contributed by atoms with van der Waals surface area (Å²) < 4.78 is 6.35. The van der Waals surface area contributed by atoms with Gasteiger partial charge in [-0.3, -0.25) is 14.3 Å². The summed E-state index contributed by atoms with van der Waals surface area (Å²) in [7, 11) is 0. The number of aliphatic hydroxyl groups is 2. The second-order valence-corrected chi connectivity index (χ2v) is 3.85. The van der Waals surface area contributed by atoms with Gasteiger partial charge in [0, 0.05) is 12.3 Å². The van der Waals surface area contributed by atoms with Crippen LogP contribution < -0.4 is 17.0 Å². The van der Waals surface area contributed by atoms with Crippen LogP contribution in [0.25, 0.3) is 0 Å². The molecule has 1 aliphatic heterocycles. The maximum atomic E-state index is 11.5. The number of H-pyrrole nitrogens is 1. The number of nitrogens with zero attached hydrogens (tertiary/aromatic N) is 1. The maximum Gasteiger partial charge on any atom is 0.330 e. The van der Waals surface area contributed by atoms with Gasteiger partial charge in [-0.05, 0) is 0 Å². The molecule has 2 rings (SSSR count). The highest BCUT2D eigenvalue weighted by Crippen LogP contribution is 2.27. The van der Waals surface area contributed by atoms with Crippen molar-refractivity contribution in [3.8, 4) is 0 Å². The molecule has 1 fully saturated rings. The Morgan fingerprint density at radius 1 is 1.41 bits per heavy atom. The summed E-state index contributed by atoms with van der Waals surface area (Å²) in [6, 6.07) is 1.14. The quantitative estimate of drug-likeness (QED) is 0.426. The molecule has 0 amide bonds. The van der Waals surface area contributed by atoms with Crippen molar-refractivity contribution < 1.29 is 20.7 Å². The Morgan fingerprint density at radius 3 is 2.65 bits per heavy atom. The lowest BCUT2D eigenvalue weighted by Gasteiger charge is -2.16. The monoisotopic (exact) mass is 244 g/mol. The Bertz CT molecular complexity index is 510. The molecule has 2 heterocycles. The number of hydrogen-bond donors (Lipinski definition) is 4. The van der Waals surface area contributed by atoms with E-state index in [9.17, 15) is 19.8 Å². The number of aromatic amines is 1. The van der Waals surface area contributed by atoms with Gasteiger partial charge >= 0.3 is 5.69 Å². The van der Waals surface area contributed by atoms with Crippen LogP contribution in [-0.2, 0) is 4.74 Å². The molecule has 94 valence electrons. The van der Waals surface area contributed by atoms with E-state index >= 15 is 0 Å². The number of quaternary nitrogens is 1.